The van der Waals surface area contributed by atoms with Gasteiger partial charge in [0.25, 0.3) is 0 Å². The molecule has 0 saturated carbocycles. The molecule has 3 rings (SSSR count). The molecular formula is C28H42N2O2. The first-order valence-electron chi connectivity index (χ1n) is 11.9. The van der Waals surface area contributed by atoms with Crippen LogP contribution in [0.5, 0.6) is 5.75 Å². The van der Waals surface area contributed by atoms with Crippen molar-refractivity contribution < 1.29 is 10.2 Å². The first kappa shape index (κ1) is 24.8. The van der Waals surface area contributed by atoms with Crippen molar-refractivity contribution in [2.45, 2.75) is 78.8 Å². The topological polar surface area (TPSA) is 46.9 Å². The molecule has 0 atom stereocenters. The largest absolute Gasteiger partial charge is 0.507 e. The second-order valence-corrected chi connectivity index (χ2v) is 11.4. The molecule has 0 spiro atoms. The molecule has 0 aliphatic carbocycles. The third kappa shape index (κ3) is 5.92. The lowest BCUT2D eigenvalue weighted by molar-refractivity contribution is 0.0745. The number of hydrogen-bond donors (Lipinski definition) is 2. The summed E-state index contributed by atoms with van der Waals surface area (Å²) in [6.45, 7) is 20.1. The number of phenols is 1. The first-order chi connectivity index (χ1) is 14.9. The molecule has 2 aromatic carbocycles. The number of rotatable bonds is 6. The predicted octanol–water partition coefficient (Wildman–Crippen LogP) is 5.24. The standard InChI is InChI=1S/C28H42N2O2/c1-20-11-22(12-21(2)26(20)32)16-29-9-8-10-30(19-29)17-23-13-24(27(3,4)5)15-25(14-23)28(6,7)18-31/h11-15,31-32H,8-10,16-19H2,1-7H3. The number of benzene rings is 2. The van der Waals surface area contributed by atoms with Crippen LogP contribution in [-0.2, 0) is 23.9 Å². The lowest BCUT2D eigenvalue weighted by Crippen LogP contribution is -2.43. The molecule has 0 radical (unpaired) electrons. The van der Waals surface area contributed by atoms with Crippen molar-refractivity contribution in [3.05, 3.63) is 63.7 Å². The maximum Gasteiger partial charge on any atom is 0.121 e. The maximum absolute atomic E-state index is 10.1. The molecule has 0 bridgehead atoms. The normalized spacial score (nSPS) is 16.5. The summed E-state index contributed by atoms with van der Waals surface area (Å²) in [6.07, 6.45) is 1.16. The highest BCUT2D eigenvalue weighted by Crippen LogP contribution is 2.31. The minimum absolute atomic E-state index is 0.0683. The second kappa shape index (κ2) is 9.54. The molecule has 4 heteroatoms. The summed E-state index contributed by atoms with van der Waals surface area (Å²) in [4.78, 5) is 5.03. The van der Waals surface area contributed by atoms with Crippen LogP contribution in [0, 0.1) is 13.8 Å². The predicted molar refractivity (Wildman–Crippen MR) is 133 cm³/mol. The van der Waals surface area contributed by atoms with Crippen molar-refractivity contribution in [1.29, 1.82) is 0 Å². The van der Waals surface area contributed by atoms with E-state index in [1.165, 1.54) is 22.3 Å². The maximum atomic E-state index is 10.1. The van der Waals surface area contributed by atoms with Crippen molar-refractivity contribution in [1.82, 2.24) is 9.80 Å². The van der Waals surface area contributed by atoms with Gasteiger partial charge in [-0.1, -0.05) is 65.0 Å². The third-order valence-electron chi connectivity index (χ3n) is 6.75. The van der Waals surface area contributed by atoms with Gasteiger partial charge >= 0.3 is 0 Å². The zero-order valence-electron chi connectivity index (χ0n) is 21.1. The van der Waals surface area contributed by atoms with Crippen LogP contribution in [0.15, 0.2) is 30.3 Å². The van der Waals surface area contributed by atoms with Gasteiger partial charge in [0, 0.05) is 31.6 Å². The minimum atomic E-state index is -0.251. The van der Waals surface area contributed by atoms with Crippen LogP contribution < -0.4 is 0 Å². The summed E-state index contributed by atoms with van der Waals surface area (Å²) in [5, 5.41) is 20.0. The molecule has 176 valence electrons. The molecular weight excluding hydrogens is 396 g/mol. The lowest BCUT2D eigenvalue weighted by atomic mass is 9.79. The Bertz CT molecular complexity index is 920. The fraction of sp³-hybridized carbons (Fsp3) is 0.571. The molecule has 1 heterocycles. The van der Waals surface area contributed by atoms with Crippen LogP contribution in [-0.4, -0.2) is 46.4 Å². The van der Waals surface area contributed by atoms with Crippen molar-refractivity contribution in [3.8, 4) is 5.75 Å². The van der Waals surface area contributed by atoms with Crippen LogP contribution in [0.1, 0.15) is 74.4 Å². The Hall–Kier alpha value is -1.88. The van der Waals surface area contributed by atoms with Gasteiger partial charge in [-0.15, -0.1) is 0 Å². The minimum Gasteiger partial charge on any atom is -0.507 e. The van der Waals surface area contributed by atoms with E-state index in [0.717, 1.165) is 50.4 Å². The van der Waals surface area contributed by atoms with Crippen molar-refractivity contribution in [3.63, 3.8) is 0 Å². The van der Waals surface area contributed by atoms with Gasteiger partial charge in [-0.25, -0.2) is 0 Å². The zero-order chi connectivity index (χ0) is 23.7. The Labute approximate surface area is 194 Å². The third-order valence-corrected chi connectivity index (χ3v) is 6.75. The van der Waals surface area contributed by atoms with Gasteiger partial charge in [0.15, 0.2) is 0 Å². The quantitative estimate of drug-likeness (QED) is 0.647. The molecule has 1 aliphatic rings. The number of hydrogen-bond acceptors (Lipinski definition) is 4. The SMILES string of the molecule is Cc1cc(CN2CCCN(Cc3cc(C(C)(C)C)cc(C(C)(C)CO)c3)C2)cc(C)c1O. The number of phenolic OH excluding ortho intramolecular Hbond substituents is 1. The zero-order valence-corrected chi connectivity index (χ0v) is 21.1. The van der Waals surface area contributed by atoms with E-state index in [4.69, 9.17) is 0 Å². The smallest absolute Gasteiger partial charge is 0.121 e. The molecule has 4 nitrogen and oxygen atoms in total. The summed E-state index contributed by atoms with van der Waals surface area (Å²) in [5.41, 5.74) is 6.85. The number of aliphatic hydroxyl groups excluding tert-OH is 1. The van der Waals surface area contributed by atoms with Crippen molar-refractivity contribution in [2.24, 2.45) is 0 Å². The van der Waals surface area contributed by atoms with E-state index in [2.05, 4.69) is 74.8 Å². The number of aliphatic hydroxyl groups is 1. The van der Waals surface area contributed by atoms with E-state index in [9.17, 15) is 10.2 Å². The van der Waals surface area contributed by atoms with Crippen LogP contribution in [0.2, 0.25) is 0 Å². The van der Waals surface area contributed by atoms with Gasteiger partial charge in [-0.2, -0.15) is 0 Å². The summed E-state index contributed by atoms with van der Waals surface area (Å²) in [6, 6.07) is 11.1. The van der Waals surface area contributed by atoms with Gasteiger partial charge in [0.1, 0.15) is 5.75 Å². The Morgan fingerprint density at radius 3 is 1.78 bits per heavy atom. The Kier molecular flexibility index (Phi) is 7.38. The average molecular weight is 439 g/mol. The highest BCUT2D eigenvalue weighted by molar-refractivity contribution is 5.42. The van der Waals surface area contributed by atoms with Gasteiger partial charge in [-0.05, 0) is 59.1 Å². The number of aryl methyl sites for hydroxylation is 2. The Balaban J connectivity index is 1.77. The average Bonchev–Trinajstić information content (AvgIpc) is 2.71. The molecule has 32 heavy (non-hydrogen) atoms. The number of nitrogens with zero attached hydrogens (tertiary/aromatic N) is 2. The van der Waals surface area contributed by atoms with Crippen LogP contribution >= 0.6 is 0 Å². The summed E-state index contributed by atoms with van der Waals surface area (Å²) in [7, 11) is 0. The van der Waals surface area contributed by atoms with Crippen LogP contribution in [0.4, 0.5) is 0 Å². The van der Waals surface area contributed by atoms with Crippen LogP contribution in [0.25, 0.3) is 0 Å². The van der Waals surface area contributed by atoms with E-state index >= 15 is 0 Å². The first-order valence-corrected chi connectivity index (χ1v) is 11.9. The fourth-order valence-electron chi connectivity index (χ4n) is 4.55. The highest BCUT2D eigenvalue weighted by atomic mass is 16.3. The molecule has 1 aliphatic heterocycles. The van der Waals surface area contributed by atoms with E-state index in [1.54, 1.807) is 0 Å². The molecule has 1 fully saturated rings. The van der Waals surface area contributed by atoms with Crippen LogP contribution in [0.3, 0.4) is 0 Å². The highest BCUT2D eigenvalue weighted by Gasteiger charge is 2.25. The fourth-order valence-corrected chi connectivity index (χ4v) is 4.55. The summed E-state index contributed by atoms with van der Waals surface area (Å²) in [5.74, 6) is 0.411. The lowest BCUT2D eigenvalue weighted by Gasteiger charge is -2.36. The van der Waals surface area contributed by atoms with Gasteiger partial charge < -0.3 is 10.2 Å². The van der Waals surface area contributed by atoms with Gasteiger partial charge in [-0.3, -0.25) is 9.80 Å². The number of aromatic hydroxyl groups is 1. The van der Waals surface area contributed by atoms with E-state index in [0.29, 0.717) is 5.75 Å². The molecule has 0 aromatic heterocycles. The Morgan fingerprint density at radius 1 is 0.781 bits per heavy atom. The van der Waals surface area contributed by atoms with E-state index < -0.39 is 0 Å². The second-order valence-electron chi connectivity index (χ2n) is 11.4. The summed E-state index contributed by atoms with van der Waals surface area (Å²) >= 11 is 0. The summed E-state index contributed by atoms with van der Waals surface area (Å²) < 4.78 is 0. The monoisotopic (exact) mass is 438 g/mol. The van der Waals surface area contributed by atoms with Crippen molar-refractivity contribution >= 4 is 0 Å². The van der Waals surface area contributed by atoms with Crippen molar-refractivity contribution in [2.75, 3.05) is 26.4 Å². The molecule has 2 N–H and O–H groups in total. The van der Waals surface area contributed by atoms with E-state index in [1.807, 2.05) is 13.8 Å². The Morgan fingerprint density at radius 2 is 1.28 bits per heavy atom. The molecule has 1 saturated heterocycles. The van der Waals surface area contributed by atoms with Gasteiger partial charge in [0.2, 0.25) is 0 Å². The van der Waals surface area contributed by atoms with E-state index in [-0.39, 0.29) is 17.4 Å². The van der Waals surface area contributed by atoms with Gasteiger partial charge in [0.05, 0.1) is 13.3 Å². The molecule has 2 aromatic rings. The molecule has 0 unspecified atom stereocenters. The molecule has 0 amide bonds.